The third kappa shape index (κ3) is 4.90. The summed E-state index contributed by atoms with van der Waals surface area (Å²) in [5.41, 5.74) is 6.05. The average Bonchev–Trinajstić information content (AvgIpc) is 3.02. The Balaban J connectivity index is 1.68. The molecular formula is C20H18F2N2O6. The van der Waals surface area contributed by atoms with Crippen LogP contribution in [0.4, 0.5) is 13.6 Å². The molecule has 0 spiro atoms. The molecule has 3 rings (SSSR count). The van der Waals surface area contributed by atoms with Crippen molar-refractivity contribution in [2.24, 2.45) is 5.73 Å². The molecule has 1 aliphatic heterocycles. The van der Waals surface area contributed by atoms with E-state index in [0.717, 1.165) is 17.7 Å². The van der Waals surface area contributed by atoms with Crippen molar-refractivity contribution < 1.29 is 37.4 Å². The van der Waals surface area contributed by atoms with Gasteiger partial charge >= 0.3 is 12.1 Å². The van der Waals surface area contributed by atoms with Crippen molar-refractivity contribution in [1.82, 2.24) is 5.32 Å². The predicted octanol–water partition coefficient (Wildman–Crippen LogP) is 1.98. The molecule has 1 fully saturated rings. The van der Waals surface area contributed by atoms with Crippen LogP contribution in [0.15, 0.2) is 36.4 Å². The SMILES string of the molecule is COC(=O)C(N)Cc1ccc(Oc2cc(F)c(CC3OC(=O)NC3=O)c(F)c2)cc1. The molecule has 0 aliphatic carbocycles. The number of nitrogens with two attached hydrogens (primary N) is 1. The Bertz CT molecular complexity index is 957. The maximum atomic E-state index is 14.4. The fraction of sp³-hybridized carbons (Fsp3) is 0.250. The highest BCUT2D eigenvalue weighted by atomic mass is 19.1. The number of benzene rings is 2. The summed E-state index contributed by atoms with van der Waals surface area (Å²) in [5, 5.41) is 1.89. The van der Waals surface area contributed by atoms with Crippen LogP contribution in [0.25, 0.3) is 0 Å². The number of methoxy groups -OCH3 is 1. The molecule has 2 aromatic rings. The summed E-state index contributed by atoms with van der Waals surface area (Å²) in [6, 6.07) is 7.57. The van der Waals surface area contributed by atoms with Gasteiger partial charge in [-0.15, -0.1) is 0 Å². The van der Waals surface area contributed by atoms with Crippen LogP contribution in [-0.2, 0) is 31.9 Å². The summed E-state index contributed by atoms with van der Waals surface area (Å²) in [6.07, 6.45) is -2.44. The van der Waals surface area contributed by atoms with Crippen LogP contribution >= 0.6 is 0 Å². The number of nitrogens with one attached hydrogen (secondary N) is 1. The fourth-order valence-electron chi connectivity index (χ4n) is 2.87. The molecule has 3 N–H and O–H groups in total. The molecule has 0 radical (unpaired) electrons. The molecule has 0 saturated carbocycles. The lowest BCUT2D eigenvalue weighted by molar-refractivity contribution is -0.142. The van der Waals surface area contributed by atoms with Crippen LogP contribution in [0.5, 0.6) is 11.5 Å². The molecule has 2 aromatic carbocycles. The van der Waals surface area contributed by atoms with Gasteiger partial charge in [-0.3, -0.25) is 14.9 Å². The molecule has 8 nitrogen and oxygen atoms in total. The molecular weight excluding hydrogens is 402 g/mol. The van der Waals surface area contributed by atoms with Crippen LogP contribution in [0.2, 0.25) is 0 Å². The van der Waals surface area contributed by atoms with Gasteiger partial charge in [-0.1, -0.05) is 12.1 Å². The Morgan fingerprint density at radius 3 is 2.33 bits per heavy atom. The van der Waals surface area contributed by atoms with E-state index in [1.165, 1.54) is 7.11 Å². The van der Waals surface area contributed by atoms with E-state index in [1.807, 2.05) is 5.32 Å². The Morgan fingerprint density at radius 2 is 1.80 bits per heavy atom. The summed E-state index contributed by atoms with van der Waals surface area (Å²) in [6.45, 7) is 0. The van der Waals surface area contributed by atoms with E-state index in [4.69, 9.17) is 10.5 Å². The van der Waals surface area contributed by atoms with Crippen LogP contribution in [0, 0.1) is 11.6 Å². The quantitative estimate of drug-likeness (QED) is 0.658. The first kappa shape index (κ1) is 21.2. The molecule has 10 heteroatoms. The zero-order valence-corrected chi connectivity index (χ0v) is 15.8. The Kier molecular flexibility index (Phi) is 6.26. The van der Waals surface area contributed by atoms with Gasteiger partial charge in [0.2, 0.25) is 0 Å². The summed E-state index contributed by atoms with van der Waals surface area (Å²) < 4.78 is 43.4. The molecule has 2 amide bonds. The lowest BCUT2D eigenvalue weighted by Gasteiger charge is -2.12. The Hall–Kier alpha value is -3.53. The second-order valence-electron chi connectivity index (χ2n) is 6.53. The van der Waals surface area contributed by atoms with Crippen LogP contribution in [-0.4, -0.2) is 37.2 Å². The molecule has 1 heterocycles. The van der Waals surface area contributed by atoms with E-state index in [9.17, 15) is 23.2 Å². The number of rotatable bonds is 7. The normalized spacial score (nSPS) is 16.6. The fourth-order valence-corrected chi connectivity index (χ4v) is 2.87. The first-order valence-corrected chi connectivity index (χ1v) is 8.86. The Labute approximate surface area is 169 Å². The highest BCUT2D eigenvalue weighted by Gasteiger charge is 2.33. The zero-order chi connectivity index (χ0) is 21.8. The summed E-state index contributed by atoms with van der Waals surface area (Å²) in [7, 11) is 1.25. The molecule has 1 aliphatic rings. The van der Waals surface area contributed by atoms with Crippen molar-refractivity contribution in [3.8, 4) is 11.5 Å². The molecule has 30 heavy (non-hydrogen) atoms. The van der Waals surface area contributed by atoms with Gasteiger partial charge in [0, 0.05) is 24.1 Å². The minimum Gasteiger partial charge on any atom is -0.468 e. The molecule has 2 atom stereocenters. The van der Waals surface area contributed by atoms with E-state index in [2.05, 4.69) is 9.47 Å². The second kappa shape index (κ2) is 8.87. The van der Waals surface area contributed by atoms with E-state index in [0.29, 0.717) is 5.75 Å². The minimum absolute atomic E-state index is 0.0966. The summed E-state index contributed by atoms with van der Waals surface area (Å²) in [5.74, 6) is -2.97. The van der Waals surface area contributed by atoms with Gasteiger partial charge in [-0.25, -0.2) is 13.6 Å². The number of carbonyl (C=O) groups excluding carboxylic acids is 3. The number of amides is 2. The number of alkyl carbamates (subject to hydrolysis) is 1. The van der Waals surface area contributed by atoms with Crippen molar-refractivity contribution in [1.29, 1.82) is 0 Å². The molecule has 1 saturated heterocycles. The van der Waals surface area contributed by atoms with Crippen LogP contribution in [0.3, 0.4) is 0 Å². The lowest BCUT2D eigenvalue weighted by atomic mass is 10.1. The molecule has 158 valence electrons. The van der Waals surface area contributed by atoms with Gasteiger partial charge in [0.15, 0.2) is 6.10 Å². The minimum atomic E-state index is -1.29. The number of esters is 1. The van der Waals surface area contributed by atoms with Gasteiger partial charge in [-0.2, -0.15) is 0 Å². The average molecular weight is 420 g/mol. The van der Waals surface area contributed by atoms with Gasteiger partial charge < -0.3 is 19.9 Å². The van der Waals surface area contributed by atoms with Gasteiger partial charge in [0.25, 0.3) is 5.91 Å². The summed E-state index contributed by atoms with van der Waals surface area (Å²) in [4.78, 5) is 33.9. The highest BCUT2D eigenvalue weighted by Crippen LogP contribution is 2.27. The zero-order valence-electron chi connectivity index (χ0n) is 15.8. The first-order valence-electron chi connectivity index (χ1n) is 8.86. The number of halogens is 2. The maximum Gasteiger partial charge on any atom is 0.414 e. The van der Waals surface area contributed by atoms with Crippen molar-refractivity contribution >= 4 is 18.0 Å². The van der Waals surface area contributed by atoms with E-state index in [1.54, 1.807) is 24.3 Å². The highest BCUT2D eigenvalue weighted by molar-refractivity contribution is 6.00. The number of hydrogen-bond donors (Lipinski definition) is 2. The molecule has 0 bridgehead atoms. The second-order valence-corrected chi connectivity index (χ2v) is 6.53. The van der Waals surface area contributed by atoms with E-state index >= 15 is 0 Å². The molecule has 0 aromatic heterocycles. The van der Waals surface area contributed by atoms with Crippen molar-refractivity contribution in [3.63, 3.8) is 0 Å². The third-order valence-electron chi connectivity index (χ3n) is 4.39. The lowest BCUT2D eigenvalue weighted by Crippen LogP contribution is -2.33. The smallest absolute Gasteiger partial charge is 0.414 e. The van der Waals surface area contributed by atoms with E-state index < -0.39 is 53.7 Å². The van der Waals surface area contributed by atoms with Gasteiger partial charge in [0.05, 0.1) is 7.11 Å². The maximum absolute atomic E-state index is 14.4. The number of carbonyl (C=O) groups is 3. The first-order chi connectivity index (χ1) is 14.3. The molecule has 2 unspecified atom stereocenters. The predicted molar refractivity (Wildman–Crippen MR) is 98.7 cm³/mol. The van der Waals surface area contributed by atoms with Crippen molar-refractivity contribution in [3.05, 3.63) is 59.2 Å². The largest absolute Gasteiger partial charge is 0.468 e. The van der Waals surface area contributed by atoms with Crippen molar-refractivity contribution in [2.75, 3.05) is 7.11 Å². The van der Waals surface area contributed by atoms with Gasteiger partial charge in [-0.05, 0) is 24.1 Å². The Morgan fingerprint density at radius 1 is 1.17 bits per heavy atom. The van der Waals surface area contributed by atoms with E-state index in [-0.39, 0.29) is 12.2 Å². The topological polar surface area (TPSA) is 117 Å². The van der Waals surface area contributed by atoms with Gasteiger partial charge in [0.1, 0.15) is 29.2 Å². The number of cyclic esters (lactones) is 1. The number of ether oxygens (including phenoxy) is 3. The standard InChI is InChI=1S/C20H18F2N2O6/c1-28-19(26)16(23)6-10-2-4-11(5-3-10)29-12-7-14(21)13(15(22)8-12)9-17-18(25)24-20(27)30-17/h2-5,7-8,16-17H,6,9,23H2,1H3,(H,24,25,27). The van der Waals surface area contributed by atoms with Crippen LogP contribution < -0.4 is 15.8 Å². The van der Waals surface area contributed by atoms with Crippen LogP contribution in [0.1, 0.15) is 11.1 Å². The monoisotopic (exact) mass is 420 g/mol. The summed E-state index contributed by atoms with van der Waals surface area (Å²) >= 11 is 0. The van der Waals surface area contributed by atoms with Crippen molar-refractivity contribution in [2.45, 2.75) is 25.0 Å². The third-order valence-corrected chi connectivity index (χ3v) is 4.39. The number of hydrogen-bond acceptors (Lipinski definition) is 7. The number of imide groups is 1.